The maximum atomic E-state index is 13.2. The fourth-order valence-corrected chi connectivity index (χ4v) is 3.84. The number of ketones is 1. The van der Waals surface area contributed by atoms with Crippen molar-refractivity contribution >= 4 is 34.1 Å². The van der Waals surface area contributed by atoms with Crippen LogP contribution in [-0.4, -0.2) is 24.5 Å². The van der Waals surface area contributed by atoms with Crippen molar-refractivity contribution < 1.29 is 4.79 Å². The van der Waals surface area contributed by atoms with Crippen molar-refractivity contribution in [1.29, 1.82) is 0 Å². The molecule has 0 saturated carbocycles. The number of rotatable bonds is 5. The zero-order chi connectivity index (χ0) is 21.6. The molecule has 0 N–H and O–H groups in total. The maximum Gasteiger partial charge on any atom is 0.352 e. The Morgan fingerprint density at radius 3 is 2.60 bits per heavy atom. The van der Waals surface area contributed by atoms with E-state index in [1.807, 2.05) is 32.9 Å². The van der Waals surface area contributed by atoms with E-state index in [9.17, 15) is 14.4 Å². The number of hydrogen-bond acceptors (Lipinski definition) is 4. The number of fused-ring (bicyclic) bond motifs is 3. The van der Waals surface area contributed by atoms with Gasteiger partial charge >= 0.3 is 5.69 Å². The molecule has 0 aliphatic heterocycles. The normalized spacial score (nSPS) is 11.5. The highest BCUT2D eigenvalue weighted by molar-refractivity contribution is 6.31. The molecule has 4 aromatic rings. The number of carbonyl (C=O) groups is 1. The van der Waals surface area contributed by atoms with E-state index in [0.717, 1.165) is 15.8 Å². The van der Waals surface area contributed by atoms with Gasteiger partial charge < -0.3 is 0 Å². The van der Waals surface area contributed by atoms with E-state index in [1.54, 1.807) is 24.3 Å². The van der Waals surface area contributed by atoms with Crippen LogP contribution in [0.15, 0.2) is 46.0 Å². The molecule has 7 nitrogen and oxygen atoms in total. The molecule has 0 fully saturated rings. The molecule has 0 spiro atoms. The molecule has 4 rings (SSSR count). The van der Waals surface area contributed by atoms with Crippen molar-refractivity contribution in [3.63, 3.8) is 0 Å². The number of hydrogen-bond donors (Lipinski definition) is 0. The predicted octanol–water partition coefficient (Wildman–Crippen LogP) is 3.37. The lowest BCUT2D eigenvalue weighted by Gasteiger charge is -2.08. The molecule has 0 aliphatic rings. The van der Waals surface area contributed by atoms with E-state index in [0.29, 0.717) is 34.5 Å². The molecule has 0 amide bonds. The monoisotopic (exact) mass is 424 g/mol. The molecular weight excluding hydrogens is 404 g/mol. The molecule has 2 aromatic carbocycles. The SMILES string of the molecule is CCCn1c(=O)c2ccc(Cl)cc2n2c(=O)n(CC(=O)c3cc(C)ccc3C)nc12. The topological polar surface area (TPSA) is 78.4 Å². The summed E-state index contributed by atoms with van der Waals surface area (Å²) >= 11 is 6.12. The van der Waals surface area contributed by atoms with E-state index >= 15 is 0 Å². The summed E-state index contributed by atoms with van der Waals surface area (Å²) in [5.41, 5.74) is 2.00. The molecule has 0 unspecified atom stereocenters. The predicted molar refractivity (Wildman–Crippen MR) is 117 cm³/mol. The fraction of sp³-hybridized carbons (Fsp3) is 0.273. The highest BCUT2D eigenvalue weighted by atomic mass is 35.5. The van der Waals surface area contributed by atoms with Crippen LogP contribution in [0.3, 0.4) is 0 Å². The Balaban J connectivity index is 1.94. The molecule has 2 heterocycles. The van der Waals surface area contributed by atoms with Gasteiger partial charge in [0.25, 0.3) is 5.56 Å². The average molecular weight is 425 g/mol. The summed E-state index contributed by atoms with van der Waals surface area (Å²) < 4.78 is 3.94. The second kappa shape index (κ2) is 7.57. The van der Waals surface area contributed by atoms with Crippen molar-refractivity contribution in [2.45, 2.75) is 40.3 Å². The molecule has 154 valence electrons. The number of halogens is 1. The third kappa shape index (κ3) is 3.25. The minimum atomic E-state index is -0.485. The first-order valence-corrected chi connectivity index (χ1v) is 10.1. The molecule has 0 bridgehead atoms. The Kier molecular flexibility index (Phi) is 5.07. The van der Waals surface area contributed by atoms with Gasteiger partial charge in [-0.3, -0.25) is 14.2 Å². The van der Waals surface area contributed by atoms with E-state index in [-0.39, 0.29) is 23.7 Å². The van der Waals surface area contributed by atoms with E-state index in [2.05, 4.69) is 5.10 Å². The van der Waals surface area contributed by atoms with Gasteiger partial charge in [-0.05, 0) is 50.1 Å². The number of benzene rings is 2. The van der Waals surface area contributed by atoms with Gasteiger partial charge in [0, 0.05) is 17.1 Å². The second-order valence-electron chi connectivity index (χ2n) is 7.44. The lowest BCUT2D eigenvalue weighted by molar-refractivity contribution is 0.0965. The molecular formula is C22H21ClN4O3. The molecule has 0 saturated heterocycles. The Hall–Kier alpha value is -3.19. The largest absolute Gasteiger partial charge is 0.352 e. The van der Waals surface area contributed by atoms with Crippen LogP contribution < -0.4 is 11.2 Å². The van der Waals surface area contributed by atoms with E-state index in [4.69, 9.17) is 11.6 Å². The highest BCUT2D eigenvalue weighted by Crippen LogP contribution is 2.18. The summed E-state index contributed by atoms with van der Waals surface area (Å²) in [6, 6.07) is 10.4. The van der Waals surface area contributed by atoms with Gasteiger partial charge in [0.2, 0.25) is 5.78 Å². The van der Waals surface area contributed by atoms with Gasteiger partial charge in [0.15, 0.2) is 5.78 Å². The fourth-order valence-electron chi connectivity index (χ4n) is 3.67. The zero-order valence-corrected chi connectivity index (χ0v) is 17.7. The van der Waals surface area contributed by atoms with Crippen LogP contribution >= 0.6 is 11.6 Å². The Morgan fingerprint density at radius 1 is 1.10 bits per heavy atom. The van der Waals surface area contributed by atoms with Crippen LogP contribution in [0.1, 0.15) is 34.8 Å². The third-order valence-corrected chi connectivity index (χ3v) is 5.41. The minimum absolute atomic E-state index is 0.204. The lowest BCUT2D eigenvalue weighted by atomic mass is 10.0. The van der Waals surface area contributed by atoms with Crippen LogP contribution in [0.4, 0.5) is 0 Å². The van der Waals surface area contributed by atoms with Gasteiger partial charge in [-0.15, -0.1) is 5.10 Å². The molecule has 0 radical (unpaired) electrons. The molecule has 0 aliphatic carbocycles. The van der Waals surface area contributed by atoms with Crippen molar-refractivity contribution in [2.24, 2.45) is 0 Å². The van der Waals surface area contributed by atoms with Gasteiger partial charge in [0.1, 0.15) is 6.54 Å². The molecule has 30 heavy (non-hydrogen) atoms. The van der Waals surface area contributed by atoms with Crippen molar-refractivity contribution in [3.8, 4) is 0 Å². The summed E-state index contributed by atoms with van der Waals surface area (Å²) in [5.74, 6) is -0.0104. The molecule has 8 heteroatoms. The van der Waals surface area contributed by atoms with Crippen molar-refractivity contribution in [1.82, 2.24) is 18.7 Å². The smallest absolute Gasteiger partial charge is 0.292 e. The second-order valence-corrected chi connectivity index (χ2v) is 7.87. The summed E-state index contributed by atoms with van der Waals surface area (Å²) in [5, 5.41) is 5.14. The number of Topliss-reactive ketones (excluding diaryl/α,β-unsaturated/α-hetero) is 1. The first kappa shape index (κ1) is 20.1. The number of aryl methyl sites for hydroxylation is 3. The molecule has 0 atom stereocenters. The number of aromatic nitrogens is 4. The first-order chi connectivity index (χ1) is 14.3. The summed E-state index contributed by atoms with van der Waals surface area (Å²) in [4.78, 5) is 39.1. The van der Waals surface area contributed by atoms with Crippen LogP contribution in [0.2, 0.25) is 5.02 Å². The van der Waals surface area contributed by atoms with Gasteiger partial charge in [-0.2, -0.15) is 0 Å². The van der Waals surface area contributed by atoms with Crippen molar-refractivity contribution in [2.75, 3.05) is 0 Å². The zero-order valence-electron chi connectivity index (χ0n) is 17.0. The minimum Gasteiger partial charge on any atom is -0.292 e. The van der Waals surface area contributed by atoms with Crippen LogP contribution in [0, 0.1) is 13.8 Å². The maximum absolute atomic E-state index is 13.2. The summed E-state index contributed by atoms with van der Waals surface area (Å²) in [7, 11) is 0. The Bertz CT molecular complexity index is 1430. The van der Waals surface area contributed by atoms with Crippen LogP contribution in [0.25, 0.3) is 16.7 Å². The number of nitrogens with zero attached hydrogens (tertiary/aromatic N) is 4. The number of carbonyl (C=O) groups excluding carboxylic acids is 1. The van der Waals surface area contributed by atoms with E-state index in [1.165, 1.54) is 8.97 Å². The lowest BCUT2D eigenvalue weighted by Crippen LogP contribution is -2.27. The van der Waals surface area contributed by atoms with E-state index < -0.39 is 5.69 Å². The van der Waals surface area contributed by atoms with Gasteiger partial charge in [0.05, 0.1) is 10.9 Å². The van der Waals surface area contributed by atoms with Crippen LogP contribution in [0.5, 0.6) is 0 Å². The third-order valence-electron chi connectivity index (χ3n) is 5.17. The summed E-state index contributed by atoms with van der Waals surface area (Å²) in [6.07, 6.45) is 0.692. The van der Waals surface area contributed by atoms with Gasteiger partial charge in [-0.1, -0.05) is 36.2 Å². The quantitative estimate of drug-likeness (QED) is 0.460. The Morgan fingerprint density at radius 2 is 1.87 bits per heavy atom. The highest BCUT2D eigenvalue weighted by Gasteiger charge is 2.19. The van der Waals surface area contributed by atoms with Gasteiger partial charge in [-0.25, -0.2) is 13.9 Å². The van der Waals surface area contributed by atoms with Crippen LogP contribution in [-0.2, 0) is 13.1 Å². The van der Waals surface area contributed by atoms with Crippen molar-refractivity contribution in [3.05, 3.63) is 78.9 Å². The molecule has 2 aromatic heterocycles. The summed E-state index contributed by atoms with van der Waals surface area (Å²) in [6.45, 7) is 5.89. The Labute approximate surface area is 177 Å². The average Bonchev–Trinajstić information content (AvgIpc) is 3.03. The standard InChI is InChI=1S/C22H21ClN4O3/c1-4-9-25-20(29)16-8-7-15(23)11-18(16)27-21(25)24-26(22(27)30)12-19(28)17-10-13(2)5-6-14(17)3/h5-8,10-11H,4,9,12H2,1-3H3. The first-order valence-electron chi connectivity index (χ1n) is 9.74.